The molecule has 0 aliphatic rings. The maximum absolute atomic E-state index is 5.94. The average Bonchev–Trinajstić information content (AvgIpc) is 3.38. The lowest BCUT2D eigenvalue weighted by Gasteiger charge is -2.14. The summed E-state index contributed by atoms with van der Waals surface area (Å²) in [6.45, 7) is 7.67. The Morgan fingerprint density at radius 3 is 2.47 bits per heavy atom. The van der Waals surface area contributed by atoms with Crippen LogP contribution in [-0.4, -0.2) is 53.4 Å². The Labute approximate surface area is 173 Å². The number of nitrogens with zero attached hydrogens (tertiary/aromatic N) is 7. The molecule has 1 N–H and O–H groups in total. The van der Waals surface area contributed by atoms with E-state index in [1.54, 1.807) is 10.9 Å². The van der Waals surface area contributed by atoms with Crippen LogP contribution in [0.1, 0.15) is 38.2 Å². The number of hydrogen-bond donors (Lipinski definition) is 1. The van der Waals surface area contributed by atoms with Crippen LogP contribution in [0.3, 0.4) is 0 Å². The number of imidazole rings is 1. The average molecular weight is 408 g/mol. The van der Waals surface area contributed by atoms with E-state index in [0.717, 1.165) is 35.3 Å². The van der Waals surface area contributed by atoms with Crippen LogP contribution in [0, 0.1) is 6.92 Å². The van der Waals surface area contributed by atoms with Crippen LogP contribution in [0.25, 0.3) is 22.4 Å². The Morgan fingerprint density at radius 2 is 1.77 bits per heavy atom. The second kappa shape index (κ2) is 8.85. The first-order valence-corrected chi connectivity index (χ1v) is 10.0. The fourth-order valence-corrected chi connectivity index (χ4v) is 3.06. The van der Waals surface area contributed by atoms with E-state index in [2.05, 4.69) is 49.3 Å². The number of rotatable bonds is 9. The van der Waals surface area contributed by atoms with Crippen LogP contribution < -0.4 is 9.47 Å². The van der Waals surface area contributed by atoms with Gasteiger partial charge in [-0.05, 0) is 36.3 Å². The quantitative estimate of drug-likeness (QED) is 0.449. The maximum Gasteiger partial charge on any atom is 0.201 e. The SMILES string of the molecule is CCCOc1cc2ncnc(-c3nnnn3Cc3ncc(C)[nH]3)c2cc1OCCC. The van der Waals surface area contributed by atoms with Gasteiger partial charge in [-0.3, -0.25) is 0 Å². The second-order valence-electron chi connectivity index (χ2n) is 6.91. The Morgan fingerprint density at radius 1 is 1.00 bits per heavy atom. The van der Waals surface area contributed by atoms with Crippen molar-refractivity contribution < 1.29 is 9.47 Å². The molecule has 30 heavy (non-hydrogen) atoms. The van der Waals surface area contributed by atoms with Gasteiger partial charge in [-0.1, -0.05) is 13.8 Å². The largest absolute Gasteiger partial charge is 0.490 e. The Hall–Kier alpha value is -3.56. The van der Waals surface area contributed by atoms with Crippen molar-refractivity contribution in [1.82, 2.24) is 40.1 Å². The summed E-state index contributed by atoms with van der Waals surface area (Å²) in [5.74, 6) is 2.63. The number of tetrazole rings is 1. The summed E-state index contributed by atoms with van der Waals surface area (Å²) in [5, 5.41) is 12.9. The molecule has 0 unspecified atom stereocenters. The zero-order valence-electron chi connectivity index (χ0n) is 17.3. The zero-order valence-corrected chi connectivity index (χ0v) is 17.3. The standard InChI is InChI=1S/C20H24N8O2/c1-4-6-29-16-8-14-15(9-17(16)30-7-5-2)22-12-23-19(14)20-25-26-27-28(20)11-18-21-10-13(3)24-18/h8-10,12H,4-7,11H2,1-3H3,(H,21,24). The van der Waals surface area contributed by atoms with Gasteiger partial charge in [0.1, 0.15) is 24.4 Å². The van der Waals surface area contributed by atoms with Gasteiger partial charge in [0.25, 0.3) is 0 Å². The van der Waals surface area contributed by atoms with Gasteiger partial charge in [0.05, 0.1) is 18.7 Å². The first-order chi connectivity index (χ1) is 14.7. The molecule has 156 valence electrons. The molecule has 0 atom stereocenters. The van der Waals surface area contributed by atoms with E-state index < -0.39 is 0 Å². The molecule has 0 spiro atoms. The lowest BCUT2D eigenvalue weighted by Crippen LogP contribution is -2.07. The third-order valence-corrected chi connectivity index (χ3v) is 4.42. The number of ether oxygens (including phenoxy) is 2. The number of aromatic nitrogens is 8. The molecule has 0 saturated heterocycles. The summed E-state index contributed by atoms with van der Waals surface area (Å²) in [7, 11) is 0. The molecule has 3 aromatic heterocycles. The monoisotopic (exact) mass is 408 g/mol. The van der Waals surface area contributed by atoms with Gasteiger partial charge in [0, 0.05) is 23.3 Å². The molecule has 0 fully saturated rings. The maximum atomic E-state index is 5.94. The van der Waals surface area contributed by atoms with Gasteiger partial charge >= 0.3 is 0 Å². The number of H-pyrrole nitrogens is 1. The predicted molar refractivity (Wildman–Crippen MR) is 110 cm³/mol. The fourth-order valence-electron chi connectivity index (χ4n) is 3.06. The van der Waals surface area contributed by atoms with Crippen molar-refractivity contribution in [1.29, 1.82) is 0 Å². The highest BCUT2D eigenvalue weighted by Gasteiger charge is 2.18. The molecule has 10 nitrogen and oxygen atoms in total. The molecule has 4 rings (SSSR count). The van der Waals surface area contributed by atoms with E-state index in [9.17, 15) is 0 Å². The van der Waals surface area contributed by atoms with Gasteiger partial charge in [-0.2, -0.15) is 0 Å². The van der Waals surface area contributed by atoms with Crippen LogP contribution in [0.2, 0.25) is 0 Å². The smallest absolute Gasteiger partial charge is 0.201 e. The van der Waals surface area contributed by atoms with Crippen molar-refractivity contribution in [2.45, 2.75) is 40.2 Å². The number of aryl methyl sites for hydroxylation is 1. The Kier molecular flexibility index (Phi) is 5.82. The summed E-state index contributed by atoms with van der Waals surface area (Å²) in [5.41, 5.74) is 2.33. The fraction of sp³-hybridized carbons (Fsp3) is 0.400. The first kappa shape index (κ1) is 19.7. The van der Waals surface area contributed by atoms with Crippen molar-refractivity contribution >= 4 is 10.9 Å². The summed E-state index contributed by atoms with van der Waals surface area (Å²) in [6.07, 6.45) is 5.07. The summed E-state index contributed by atoms with van der Waals surface area (Å²) in [6, 6.07) is 3.78. The van der Waals surface area contributed by atoms with Gasteiger partial charge in [0.2, 0.25) is 5.82 Å². The molecule has 0 amide bonds. The third-order valence-electron chi connectivity index (χ3n) is 4.42. The number of nitrogens with one attached hydrogen (secondary N) is 1. The normalized spacial score (nSPS) is 11.2. The highest BCUT2D eigenvalue weighted by Crippen LogP contribution is 2.35. The van der Waals surface area contributed by atoms with E-state index in [1.165, 1.54) is 6.33 Å². The van der Waals surface area contributed by atoms with Crippen LogP contribution >= 0.6 is 0 Å². The van der Waals surface area contributed by atoms with Crippen molar-refractivity contribution in [2.24, 2.45) is 0 Å². The van der Waals surface area contributed by atoms with Crippen molar-refractivity contribution in [3.8, 4) is 23.0 Å². The number of benzene rings is 1. The van der Waals surface area contributed by atoms with Gasteiger partial charge < -0.3 is 14.5 Å². The van der Waals surface area contributed by atoms with Crippen molar-refractivity contribution in [2.75, 3.05) is 13.2 Å². The van der Waals surface area contributed by atoms with Crippen LogP contribution in [0.15, 0.2) is 24.7 Å². The zero-order chi connectivity index (χ0) is 20.9. The molecule has 0 aliphatic heterocycles. The highest BCUT2D eigenvalue weighted by atomic mass is 16.5. The summed E-state index contributed by atoms with van der Waals surface area (Å²) < 4.78 is 13.5. The molecular formula is C20H24N8O2. The summed E-state index contributed by atoms with van der Waals surface area (Å²) in [4.78, 5) is 16.4. The minimum Gasteiger partial charge on any atom is -0.490 e. The van der Waals surface area contributed by atoms with E-state index in [4.69, 9.17) is 9.47 Å². The van der Waals surface area contributed by atoms with Gasteiger partial charge in [0.15, 0.2) is 11.5 Å². The lowest BCUT2D eigenvalue weighted by atomic mass is 10.1. The van der Waals surface area contributed by atoms with Crippen molar-refractivity contribution in [3.05, 3.63) is 36.2 Å². The summed E-state index contributed by atoms with van der Waals surface area (Å²) >= 11 is 0. The number of aromatic amines is 1. The van der Waals surface area contributed by atoms with Gasteiger partial charge in [-0.25, -0.2) is 19.6 Å². The second-order valence-corrected chi connectivity index (χ2v) is 6.91. The first-order valence-electron chi connectivity index (χ1n) is 10.0. The number of hydrogen-bond acceptors (Lipinski definition) is 8. The molecular weight excluding hydrogens is 384 g/mol. The van der Waals surface area contributed by atoms with E-state index >= 15 is 0 Å². The molecule has 0 saturated carbocycles. The van der Waals surface area contributed by atoms with E-state index in [0.29, 0.717) is 42.8 Å². The van der Waals surface area contributed by atoms with Crippen LogP contribution in [0.5, 0.6) is 11.5 Å². The molecule has 3 heterocycles. The van der Waals surface area contributed by atoms with E-state index in [-0.39, 0.29) is 0 Å². The Bertz CT molecular complexity index is 1140. The van der Waals surface area contributed by atoms with E-state index in [1.807, 2.05) is 19.1 Å². The molecule has 0 bridgehead atoms. The molecule has 0 aliphatic carbocycles. The van der Waals surface area contributed by atoms with Crippen LogP contribution in [0.4, 0.5) is 0 Å². The Balaban J connectivity index is 1.77. The topological polar surface area (TPSA) is 117 Å². The highest BCUT2D eigenvalue weighted by molar-refractivity contribution is 5.92. The molecule has 0 radical (unpaired) electrons. The molecule has 10 heteroatoms. The number of fused-ring (bicyclic) bond motifs is 1. The lowest BCUT2D eigenvalue weighted by molar-refractivity contribution is 0.269. The molecule has 4 aromatic rings. The predicted octanol–water partition coefficient (Wildman–Crippen LogP) is 2.94. The molecule has 1 aromatic carbocycles. The minimum absolute atomic E-state index is 0.401. The van der Waals surface area contributed by atoms with Gasteiger partial charge in [-0.15, -0.1) is 5.10 Å². The van der Waals surface area contributed by atoms with Crippen LogP contribution in [-0.2, 0) is 6.54 Å². The third kappa shape index (κ3) is 4.07. The van der Waals surface area contributed by atoms with Crippen molar-refractivity contribution in [3.63, 3.8) is 0 Å². The minimum atomic E-state index is 0.401.